The Bertz CT molecular complexity index is 500. The summed E-state index contributed by atoms with van der Waals surface area (Å²) in [5, 5.41) is 0. The molecule has 0 saturated heterocycles. The second kappa shape index (κ2) is 5.99. The van der Waals surface area contributed by atoms with E-state index in [2.05, 4.69) is 0 Å². The van der Waals surface area contributed by atoms with Gasteiger partial charge in [0.15, 0.2) is 0 Å². The summed E-state index contributed by atoms with van der Waals surface area (Å²) in [5.41, 5.74) is -0.159. The fourth-order valence-corrected chi connectivity index (χ4v) is 3.46. The first-order valence-corrected chi connectivity index (χ1v) is 7.91. The van der Waals surface area contributed by atoms with Crippen molar-refractivity contribution >= 4 is 19.7 Å². The van der Waals surface area contributed by atoms with Gasteiger partial charge in [-0.2, -0.15) is 0 Å². The van der Waals surface area contributed by atoms with Crippen LogP contribution in [0.4, 0.5) is 4.39 Å². The van der Waals surface area contributed by atoms with E-state index in [-0.39, 0.29) is 24.8 Å². The molecule has 0 atom stereocenters. The molecule has 0 amide bonds. The average molecular weight is 295 g/mol. The molecule has 1 rings (SSSR count). The number of ether oxygens (including phenoxy) is 1. The molecule has 0 aromatic heterocycles. The number of halogens is 2. The predicted molar refractivity (Wildman–Crippen MR) is 69.5 cm³/mol. The number of hydrogen-bond acceptors (Lipinski definition) is 3. The fourth-order valence-electron chi connectivity index (χ4n) is 1.56. The van der Waals surface area contributed by atoms with Gasteiger partial charge in [-0.05, 0) is 6.07 Å². The van der Waals surface area contributed by atoms with Crippen molar-refractivity contribution < 1.29 is 17.5 Å². The van der Waals surface area contributed by atoms with Crippen molar-refractivity contribution in [1.29, 1.82) is 0 Å². The first kappa shape index (κ1) is 15.4. The van der Waals surface area contributed by atoms with Crippen molar-refractivity contribution in [2.45, 2.75) is 20.5 Å². The molecule has 3 nitrogen and oxygen atoms in total. The fraction of sp³-hybridized carbons (Fsp3) is 0.500. The third-order valence-corrected chi connectivity index (χ3v) is 3.72. The van der Waals surface area contributed by atoms with E-state index in [0.29, 0.717) is 5.56 Å². The predicted octanol–water partition coefficient (Wildman–Crippen LogP) is 2.94. The summed E-state index contributed by atoms with van der Waals surface area (Å²) in [6.45, 7) is 3.76. The highest BCUT2D eigenvalue weighted by Crippen LogP contribution is 2.21. The maximum absolute atomic E-state index is 13.3. The third kappa shape index (κ3) is 5.80. The highest BCUT2D eigenvalue weighted by Gasteiger charge is 2.25. The molecular formula is C12H16ClFO3S. The first-order chi connectivity index (χ1) is 8.20. The standard InChI is InChI=1S/C12H16ClFO3S/c1-12(2,9-18(13,15)16)8-17-7-10-5-3-4-6-11(10)14/h3-6H,7-9H2,1-2H3. The molecule has 0 aliphatic rings. The maximum Gasteiger partial charge on any atom is 0.233 e. The highest BCUT2D eigenvalue weighted by atomic mass is 35.7. The summed E-state index contributed by atoms with van der Waals surface area (Å²) in [6.07, 6.45) is 0. The Hall–Kier alpha value is -0.650. The Morgan fingerprint density at radius 2 is 1.94 bits per heavy atom. The Morgan fingerprint density at radius 3 is 2.50 bits per heavy atom. The number of benzene rings is 1. The zero-order chi connectivity index (χ0) is 13.8. The van der Waals surface area contributed by atoms with Gasteiger partial charge in [-0.15, -0.1) is 0 Å². The zero-order valence-corrected chi connectivity index (χ0v) is 11.9. The summed E-state index contributed by atoms with van der Waals surface area (Å²) < 4.78 is 40.6. The van der Waals surface area contributed by atoms with Gasteiger partial charge in [0.2, 0.25) is 9.05 Å². The summed E-state index contributed by atoms with van der Waals surface area (Å²) in [7, 11) is 1.63. The van der Waals surface area contributed by atoms with Gasteiger partial charge in [0.1, 0.15) is 5.82 Å². The van der Waals surface area contributed by atoms with Gasteiger partial charge >= 0.3 is 0 Å². The summed E-state index contributed by atoms with van der Waals surface area (Å²) in [4.78, 5) is 0. The number of hydrogen-bond donors (Lipinski definition) is 0. The number of rotatable bonds is 6. The first-order valence-electron chi connectivity index (χ1n) is 5.43. The topological polar surface area (TPSA) is 43.4 Å². The van der Waals surface area contributed by atoms with E-state index in [1.807, 2.05) is 0 Å². The van der Waals surface area contributed by atoms with E-state index in [0.717, 1.165) is 0 Å². The van der Waals surface area contributed by atoms with Crippen LogP contribution in [0.2, 0.25) is 0 Å². The SMILES string of the molecule is CC(C)(COCc1ccccc1F)CS(=O)(=O)Cl. The lowest BCUT2D eigenvalue weighted by Crippen LogP contribution is -2.27. The Labute approximate surface area is 111 Å². The second-order valence-electron chi connectivity index (χ2n) is 4.93. The van der Waals surface area contributed by atoms with E-state index in [4.69, 9.17) is 15.4 Å². The Morgan fingerprint density at radius 1 is 1.33 bits per heavy atom. The van der Waals surface area contributed by atoms with Crippen LogP contribution in [0.15, 0.2) is 24.3 Å². The summed E-state index contributed by atoms with van der Waals surface area (Å²) in [6, 6.07) is 6.30. The Kier molecular flexibility index (Phi) is 5.13. The minimum atomic E-state index is -3.57. The lowest BCUT2D eigenvalue weighted by Gasteiger charge is -2.22. The monoisotopic (exact) mass is 294 g/mol. The van der Waals surface area contributed by atoms with Gasteiger partial charge in [0, 0.05) is 21.7 Å². The van der Waals surface area contributed by atoms with Gasteiger partial charge in [-0.1, -0.05) is 32.0 Å². The highest BCUT2D eigenvalue weighted by molar-refractivity contribution is 8.13. The zero-order valence-electron chi connectivity index (χ0n) is 10.3. The molecule has 1 aromatic carbocycles. The van der Waals surface area contributed by atoms with E-state index in [1.54, 1.807) is 32.0 Å². The van der Waals surface area contributed by atoms with Gasteiger partial charge in [0.05, 0.1) is 19.0 Å². The maximum atomic E-state index is 13.3. The van der Waals surface area contributed by atoms with Crippen LogP contribution in [0, 0.1) is 11.2 Å². The molecule has 18 heavy (non-hydrogen) atoms. The van der Waals surface area contributed by atoms with Crippen molar-refractivity contribution in [3.63, 3.8) is 0 Å². The van der Waals surface area contributed by atoms with Gasteiger partial charge in [-0.25, -0.2) is 12.8 Å². The van der Waals surface area contributed by atoms with E-state index in [1.165, 1.54) is 6.07 Å². The van der Waals surface area contributed by atoms with Crippen LogP contribution in [-0.4, -0.2) is 20.8 Å². The van der Waals surface area contributed by atoms with Crippen molar-refractivity contribution in [3.8, 4) is 0 Å². The lowest BCUT2D eigenvalue weighted by atomic mass is 9.98. The molecule has 0 saturated carbocycles. The Balaban J connectivity index is 2.49. The van der Waals surface area contributed by atoms with Crippen LogP contribution in [0.5, 0.6) is 0 Å². The molecule has 0 radical (unpaired) electrons. The molecule has 1 aromatic rings. The van der Waals surface area contributed by atoms with Gasteiger partial charge < -0.3 is 4.74 Å². The molecule has 0 aliphatic carbocycles. The quantitative estimate of drug-likeness (QED) is 0.758. The lowest BCUT2D eigenvalue weighted by molar-refractivity contribution is 0.0598. The van der Waals surface area contributed by atoms with E-state index >= 15 is 0 Å². The smallest absolute Gasteiger partial charge is 0.233 e. The van der Waals surface area contributed by atoms with Crippen molar-refractivity contribution in [3.05, 3.63) is 35.6 Å². The normalized spacial score (nSPS) is 12.7. The molecule has 0 spiro atoms. The summed E-state index contributed by atoms with van der Waals surface area (Å²) >= 11 is 0. The summed E-state index contributed by atoms with van der Waals surface area (Å²) in [5.74, 6) is -0.515. The molecule has 0 N–H and O–H groups in total. The third-order valence-electron chi connectivity index (χ3n) is 2.27. The van der Waals surface area contributed by atoms with Crippen LogP contribution in [-0.2, 0) is 20.4 Å². The molecule has 0 unspecified atom stereocenters. The van der Waals surface area contributed by atoms with Crippen molar-refractivity contribution in [1.82, 2.24) is 0 Å². The van der Waals surface area contributed by atoms with Crippen molar-refractivity contribution in [2.24, 2.45) is 5.41 Å². The molecular weight excluding hydrogens is 279 g/mol. The second-order valence-corrected chi connectivity index (χ2v) is 7.71. The van der Waals surface area contributed by atoms with Crippen LogP contribution < -0.4 is 0 Å². The van der Waals surface area contributed by atoms with E-state index in [9.17, 15) is 12.8 Å². The van der Waals surface area contributed by atoms with Gasteiger partial charge in [0.25, 0.3) is 0 Å². The van der Waals surface area contributed by atoms with Crippen molar-refractivity contribution in [2.75, 3.05) is 12.4 Å². The van der Waals surface area contributed by atoms with Crippen LogP contribution in [0.1, 0.15) is 19.4 Å². The molecule has 0 fully saturated rings. The molecule has 102 valence electrons. The van der Waals surface area contributed by atoms with Crippen LogP contribution >= 0.6 is 10.7 Å². The minimum Gasteiger partial charge on any atom is -0.376 e. The van der Waals surface area contributed by atoms with Crippen LogP contribution in [0.3, 0.4) is 0 Å². The molecule has 6 heteroatoms. The molecule has 0 aliphatic heterocycles. The van der Waals surface area contributed by atoms with Crippen LogP contribution in [0.25, 0.3) is 0 Å². The average Bonchev–Trinajstić information content (AvgIpc) is 2.17. The van der Waals surface area contributed by atoms with Gasteiger partial charge in [-0.3, -0.25) is 0 Å². The molecule has 0 heterocycles. The van der Waals surface area contributed by atoms with E-state index < -0.39 is 14.5 Å². The minimum absolute atomic E-state index is 0.110. The largest absolute Gasteiger partial charge is 0.376 e. The molecule has 0 bridgehead atoms.